The topological polar surface area (TPSA) is 44.8 Å². The monoisotopic (exact) mass is 292 g/mol. The van der Waals surface area contributed by atoms with Crippen molar-refractivity contribution in [3.63, 3.8) is 0 Å². The van der Waals surface area contributed by atoms with E-state index in [2.05, 4.69) is 9.78 Å². The van der Waals surface area contributed by atoms with Gasteiger partial charge in [-0.05, 0) is 24.6 Å². The van der Waals surface area contributed by atoms with E-state index in [1.807, 2.05) is 6.92 Å². The van der Waals surface area contributed by atoms with Gasteiger partial charge in [0, 0.05) is 5.02 Å². The van der Waals surface area contributed by atoms with Crippen molar-refractivity contribution in [3.8, 4) is 5.75 Å². The molecule has 0 fully saturated rings. The average molecular weight is 293 g/mol. The van der Waals surface area contributed by atoms with Crippen LogP contribution in [-0.4, -0.2) is 19.2 Å². The molecule has 6 heteroatoms. The predicted molar refractivity (Wildman–Crippen MR) is 68.9 cm³/mol. The maximum Gasteiger partial charge on any atom is 0.379 e. The van der Waals surface area contributed by atoms with Gasteiger partial charge in [0.25, 0.3) is 0 Å². The predicted octanol–water partition coefficient (Wildman–Crippen LogP) is 3.65. The van der Waals surface area contributed by atoms with E-state index in [0.29, 0.717) is 22.4 Å². The Bertz CT molecular complexity index is 396. The summed E-state index contributed by atoms with van der Waals surface area (Å²) in [4.78, 5) is 20.4. The lowest BCUT2D eigenvalue weighted by atomic mass is 10.3. The molecule has 0 amide bonds. The van der Waals surface area contributed by atoms with Crippen molar-refractivity contribution >= 4 is 29.2 Å². The molecule has 1 aromatic carbocycles. The molecule has 0 spiro atoms. The van der Waals surface area contributed by atoms with E-state index in [-0.39, 0.29) is 6.61 Å². The fraction of sp³-hybridized carbons (Fsp3) is 0.417. The van der Waals surface area contributed by atoms with Crippen LogP contribution in [0.25, 0.3) is 0 Å². The molecular formula is C12H14Cl2O4. The van der Waals surface area contributed by atoms with Crippen LogP contribution >= 0.6 is 23.2 Å². The van der Waals surface area contributed by atoms with Gasteiger partial charge < -0.3 is 4.74 Å². The molecule has 0 N–H and O–H groups in total. The number of halogens is 2. The maximum absolute atomic E-state index is 11.2. The van der Waals surface area contributed by atoms with Crippen molar-refractivity contribution < 1.29 is 19.3 Å². The van der Waals surface area contributed by atoms with Gasteiger partial charge in [-0.25, -0.2) is 4.79 Å². The average Bonchev–Trinajstić information content (AvgIpc) is 2.33. The summed E-state index contributed by atoms with van der Waals surface area (Å²) >= 11 is 11.6. The molecule has 0 aliphatic heterocycles. The summed E-state index contributed by atoms with van der Waals surface area (Å²) in [5, 5.41) is 0.833. The van der Waals surface area contributed by atoms with Gasteiger partial charge >= 0.3 is 5.97 Å². The molecule has 0 atom stereocenters. The molecule has 1 rings (SSSR count). The summed E-state index contributed by atoms with van der Waals surface area (Å²) in [6, 6.07) is 4.73. The largest absolute Gasteiger partial charge is 0.480 e. The summed E-state index contributed by atoms with van der Waals surface area (Å²) in [6.07, 6.45) is 1.80. The summed E-state index contributed by atoms with van der Waals surface area (Å²) in [6.45, 7) is 2.12. The van der Waals surface area contributed by atoms with Crippen LogP contribution in [0.15, 0.2) is 18.2 Å². The standard InChI is InChI=1S/C12H14Cl2O4/c1-2-3-6-17-18-12(15)8-16-11-5-4-9(13)7-10(11)14/h4-5,7H,2-3,6,8H2,1H3. The molecule has 0 aromatic heterocycles. The fourth-order valence-electron chi connectivity index (χ4n) is 1.06. The first kappa shape index (κ1) is 15.1. The Morgan fingerprint density at radius 1 is 1.33 bits per heavy atom. The Morgan fingerprint density at radius 2 is 2.11 bits per heavy atom. The van der Waals surface area contributed by atoms with Crippen LogP contribution in [-0.2, 0) is 14.6 Å². The molecular weight excluding hydrogens is 279 g/mol. The quantitative estimate of drug-likeness (QED) is 0.437. The summed E-state index contributed by atoms with van der Waals surface area (Å²) in [5.74, 6) is -0.247. The van der Waals surface area contributed by atoms with Gasteiger partial charge in [-0.1, -0.05) is 36.5 Å². The second-order valence-corrected chi connectivity index (χ2v) is 4.34. The molecule has 0 saturated heterocycles. The lowest BCUT2D eigenvalue weighted by Gasteiger charge is -2.07. The van der Waals surface area contributed by atoms with Crippen LogP contribution in [0.1, 0.15) is 19.8 Å². The van der Waals surface area contributed by atoms with Gasteiger partial charge in [0.05, 0.1) is 11.6 Å². The van der Waals surface area contributed by atoms with Crippen LogP contribution in [0.4, 0.5) is 0 Å². The van der Waals surface area contributed by atoms with E-state index in [4.69, 9.17) is 27.9 Å². The minimum absolute atomic E-state index is 0.270. The van der Waals surface area contributed by atoms with E-state index in [1.54, 1.807) is 12.1 Å². The Balaban J connectivity index is 2.29. The van der Waals surface area contributed by atoms with Crippen molar-refractivity contribution in [2.75, 3.05) is 13.2 Å². The number of hydrogen-bond acceptors (Lipinski definition) is 4. The SMILES string of the molecule is CCCCOOC(=O)COc1ccc(Cl)cc1Cl. The molecule has 4 nitrogen and oxygen atoms in total. The summed E-state index contributed by atoms with van der Waals surface area (Å²) in [5.41, 5.74) is 0. The molecule has 0 radical (unpaired) electrons. The number of benzene rings is 1. The van der Waals surface area contributed by atoms with Gasteiger partial charge in [-0.2, -0.15) is 4.89 Å². The molecule has 0 aliphatic carbocycles. The van der Waals surface area contributed by atoms with Gasteiger partial charge in [0.2, 0.25) is 0 Å². The zero-order chi connectivity index (χ0) is 13.4. The number of hydrogen-bond donors (Lipinski definition) is 0. The molecule has 1 aromatic rings. The Labute approximate surface area is 116 Å². The van der Waals surface area contributed by atoms with Crippen LogP contribution < -0.4 is 4.74 Å². The van der Waals surface area contributed by atoms with Gasteiger partial charge in [-0.15, -0.1) is 0 Å². The molecule has 0 saturated carbocycles. The van der Waals surface area contributed by atoms with Gasteiger partial charge in [0.1, 0.15) is 5.75 Å². The Hall–Kier alpha value is -0.970. The first-order valence-electron chi connectivity index (χ1n) is 5.53. The third-order valence-corrected chi connectivity index (χ3v) is 2.50. The second-order valence-electron chi connectivity index (χ2n) is 3.49. The van der Waals surface area contributed by atoms with Crippen LogP contribution in [0, 0.1) is 0 Å². The highest BCUT2D eigenvalue weighted by Crippen LogP contribution is 2.27. The molecule has 0 bridgehead atoms. The van der Waals surface area contributed by atoms with Crippen molar-refractivity contribution in [2.45, 2.75) is 19.8 Å². The Kier molecular flexibility index (Phi) is 6.86. The van der Waals surface area contributed by atoms with Crippen LogP contribution in [0.2, 0.25) is 10.0 Å². The number of rotatable bonds is 7. The highest BCUT2D eigenvalue weighted by molar-refractivity contribution is 6.35. The lowest BCUT2D eigenvalue weighted by molar-refractivity contribution is -0.273. The second kappa shape index (κ2) is 8.19. The zero-order valence-electron chi connectivity index (χ0n) is 9.95. The number of carbonyl (C=O) groups is 1. The van der Waals surface area contributed by atoms with E-state index < -0.39 is 5.97 Å². The van der Waals surface area contributed by atoms with Crippen molar-refractivity contribution in [2.24, 2.45) is 0 Å². The third kappa shape index (κ3) is 5.58. The number of unbranched alkanes of at least 4 members (excludes halogenated alkanes) is 1. The van der Waals surface area contributed by atoms with E-state index >= 15 is 0 Å². The Morgan fingerprint density at radius 3 is 2.78 bits per heavy atom. The van der Waals surface area contributed by atoms with Crippen molar-refractivity contribution in [1.82, 2.24) is 0 Å². The number of ether oxygens (including phenoxy) is 1. The summed E-state index contributed by atoms with van der Waals surface area (Å²) in [7, 11) is 0. The zero-order valence-corrected chi connectivity index (χ0v) is 11.5. The maximum atomic E-state index is 11.2. The van der Waals surface area contributed by atoms with E-state index in [9.17, 15) is 4.79 Å². The van der Waals surface area contributed by atoms with Crippen molar-refractivity contribution in [1.29, 1.82) is 0 Å². The van der Waals surface area contributed by atoms with Crippen LogP contribution in [0.5, 0.6) is 5.75 Å². The molecule has 0 heterocycles. The minimum atomic E-state index is -0.614. The fourth-order valence-corrected chi connectivity index (χ4v) is 1.53. The normalized spacial score (nSPS) is 10.2. The first-order chi connectivity index (χ1) is 8.63. The molecule has 0 unspecified atom stereocenters. The molecule has 18 heavy (non-hydrogen) atoms. The third-order valence-electron chi connectivity index (χ3n) is 1.97. The smallest absolute Gasteiger partial charge is 0.379 e. The highest BCUT2D eigenvalue weighted by atomic mass is 35.5. The minimum Gasteiger partial charge on any atom is -0.480 e. The van der Waals surface area contributed by atoms with Gasteiger partial charge in [-0.3, -0.25) is 4.89 Å². The van der Waals surface area contributed by atoms with Gasteiger partial charge in [0.15, 0.2) is 6.61 Å². The first-order valence-corrected chi connectivity index (χ1v) is 6.29. The van der Waals surface area contributed by atoms with E-state index in [0.717, 1.165) is 12.8 Å². The summed E-state index contributed by atoms with van der Waals surface area (Å²) < 4.78 is 5.17. The number of carbonyl (C=O) groups excluding carboxylic acids is 1. The van der Waals surface area contributed by atoms with E-state index in [1.165, 1.54) is 6.07 Å². The molecule has 100 valence electrons. The molecule has 0 aliphatic rings. The lowest BCUT2D eigenvalue weighted by Crippen LogP contribution is -2.15. The highest BCUT2D eigenvalue weighted by Gasteiger charge is 2.08. The van der Waals surface area contributed by atoms with Crippen molar-refractivity contribution in [3.05, 3.63) is 28.2 Å². The van der Waals surface area contributed by atoms with Crippen LogP contribution in [0.3, 0.4) is 0 Å².